The highest BCUT2D eigenvalue weighted by molar-refractivity contribution is 7.80. The van der Waals surface area contributed by atoms with Crippen LogP contribution in [0.4, 0.5) is 15.3 Å². The monoisotopic (exact) mass is 482 g/mol. The van der Waals surface area contributed by atoms with E-state index in [4.69, 9.17) is 21.7 Å². The van der Waals surface area contributed by atoms with E-state index in [1.807, 2.05) is 32.0 Å². The maximum absolute atomic E-state index is 14.1. The van der Waals surface area contributed by atoms with E-state index in [0.29, 0.717) is 11.3 Å². The molecular formula is C24H26N4O5S. The predicted molar refractivity (Wildman–Crippen MR) is 129 cm³/mol. The van der Waals surface area contributed by atoms with Gasteiger partial charge in [-0.3, -0.25) is 4.79 Å². The van der Waals surface area contributed by atoms with Crippen LogP contribution in [0.5, 0.6) is 0 Å². The van der Waals surface area contributed by atoms with Crippen LogP contribution in [0, 0.1) is 13.8 Å². The maximum Gasteiger partial charge on any atom is 0.435 e. The van der Waals surface area contributed by atoms with Gasteiger partial charge in [0.1, 0.15) is 0 Å². The first-order valence-electron chi connectivity index (χ1n) is 11.0. The number of benzene rings is 2. The molecule has 0 saturated carbocycles. The molecule has 3 amide bonds. The van der Waals surface area contributed by atoms with Crippen LogP contribution < -0.4 is 10.2 Å². The summed E-state index contributed by atoms with van der Waals surface area (Å²) in [6, 6.07) is 13.2. The number of nitrogens with one attached hydrogen (secondary N) is 1. The fourth-order valence-corrected chi connectivity index (χ4v) is 4.82. The molecule has 0 aliphatic carbocycles. The van der Waals surface area contributed by atoms with E-state index in [1.54, 1.807) is 36.9 Å². The van der Waals surface area contributed by atoms with Gasteiger partial charge in [0.2, 0.25) is 10.8 Å². The highest BCUT2D eigenvalue weighted by Gasteiger charge is 2.65. The van der Waals surface area contributed by atoms with Crippen molar-refractivity contribution in [1.29, 1.82) is 0 Å². The largest absolute Gasteiger partial charge is 0.448 e. The minimum atomic E-state index is -1.79. The first-order chi connectivity index (χ1) is 16.2. The number of ether oxygens (including phenoxy) is 2. The Hall–Kier alpha value is -3.66. The molecule has 2 aromatic rings. The molecule has 1 saturated heterocycles. The number of anilines is 1. The molecule has 10 heteroatoms. The average Bonchev–Trinajstić information content (AvgIpc) is 3.21. The number of rotatable bonds is 4. The molecule has 178 valence electrons. The van der Waals surface area contributed by atoms with Crippen molar-refractivity contribution in [3.05, 3.63) is 64.7 Å². The summed E-state index contributed by atoms with van der Waals surface area (Å²) in [5.74, 6) is -0.463. The number of nitrogens with zero attached hydrogens (tertiary/aromatic N) is 3. The second-order valence-corrected chi connectivity index (χ2v) is 8.45. The fraction of sp³-hybridized carbons (Fsp3) is 0.333. The number of hydrogen-bond acceptors (Lipinski definition) is 6. The number of hydrogen-bond donors (Lipinski definition) is 1. The van der Waals surface area contributed by atoms with Gasteiger partial charge in [0.05, 0.1) is 25.4 Å². The molecule has 1 N–H and O–H groups in total. The van der Waals surface area contributed by atoms with Crippen molar-refractivity contribution in [2.24, 2.45) is 0 Å². The molecule has 9 nitrogen and oxygen atoms in total. The van der Waals surface area contributed by atoms with Crippen LogP contribution in [0.15, 0.2) is 42.5 Å². The average molecular weight is 483 g/mol. The predicted octanol–water partition coefficient (Wildman–Crippen LogP) is 3.72. The Morgan fingerprint density at radius 3 is 2.26 bits per heavy atom. The Morgan fingerprint density at radius 2 is 1.62 bits per heavy atom. The van der Waals surface area contributed by atoms with Crippen LogP contribution in [0.25, 0.3) is 0 Å². The van der Waals surface area contributed by atoms with Crippen molar-refractivity contribution in [3.8, 4) is 0 Å². The molecule has 0 bridgehead atoms. The SMILES string of the molecule is CCOC(=O)N1C(=S)NC2(C(=O)N(Cc3cc(C)cc(C)c3)c3ccccc32)N1C(=O)OCC. The van der Waals surface area contributed by atoms with Gasteiger partial charge in [-0.15, -0.1) is 0 Å². The van der Waals surface area contributed by atoms with E-state index in [0.717, 1.165) is 26.7 Å². The lowest BCUT2D eigenvalue weighted by atomic mass is 10.0. The molecule has 0 aromatic heterocycles. The Morgan fingerprint density at radius 1 is 1.00 bits per heavy atom. The fourth-order valence-electron chi connectivity index (χ4n) is 4.51. The van der Waals surface area contributed by atoms with Crippen LogP contribution >= 0.6 is 12.2 Å². The van der Waals surface area contributed by atoms with Gasteiger partial charge in [0.15, 0.2) is 0 Å². The lowest BCUT2D eigenvalue weighted by molar-refractivity contribution is -0.134. The van der Waals surface area contributed by atoms with Crippen LogP contribution in [0.2, 0.25) is 0 Å². The lowest BCUT2D eigenvalue weighted by Gasteiger charge is -2.34. The number of carbonyl (C=O) groups is 3. The van der Waals surface area contributed by atoms with Gasteiger partial charge in [0, 0.05) is 5.56 Å². The topological polar surface area (TPSA) is 91.4 Å². The summed E-state index contributed by atoms with van der Waals surface area (Å²) >= 11 is 5.40. The summed E-state index contributed by atoms with van der Waals surface area (Å²) in [5.41, 5.74) is 2.38. The van der Waals surface area contributed by atoms with Gasteiger partial charge in [-0.25, -0.2) is 9.59 Å². The third-order valence-electron chi connectivity index (χ3n) is 5.64. The van der Waals surface area contributed by atoms with Crippen LogP contribution in [-0.2, 0) is 26.5 Å². The number of amides is 3. The molecule has 1 unspecified atom stereocenters. The molecule has 0 radical (unpaired) electrons. The Bertz CT molecular complexity index is 1170. The molecule has 2 aromatic carbocycles. The van der Waals surface area contributed by atoms with Gasteiger partial charge in [-0.1, -0.05) is 47.5 Å². The Labute approximate surface area is 203 Å². The minimum absolute atomic E-state index is 0.0387. The van der Waals surface area contributed by atoms with Crippen LogP contribution in [-0.4, -0.2) is 46.4 Å². The highest BCUT2D eigenvalue weighted by atomic mass is 32.1. The molecule has 1 spiro atoms. The van der Waals surface area contributed by atoms with Gasteiger partial charge < -0.3 is 19.7 Å². The van der Waals surface area contributed by atoms with Crippen LogP contribution in [0.3, 0.4) is 0 Å². The number of carbonyl (C=O) groups excluding carboxylic acids is 3. The molecule has 34 heavy (non-hydrogen) atoms. The lowest BCUT2D eigenvalue weighted by Crippen LogP contribution is -2.60. The van der Waals surface area contributed by atoms with E-state index in [9.17, 15) is 14.4 Å². The smallest absolute Gasteiger partial charge is 0.435 e. The van der Waals surface area contributed by atoms with Crippen LogP contribution in [0.1, 0.15) is 36.1 Å². The van der Waals surface area contributed by atoms with E-state index < -0.39 is 23.8 Å². The maximum atomic E-state index is 14.1. The summed E-state index contributed by atoms with van der Waals surface area (Å²) in [6.45, 7) is 7.63. The van der Waals surface area contributed by atoms with Crippen molar-refractivity contribution in [1.82, 2.24) is 15.3 Å². The first kappa shape index (κ1) is 23.5. The van der Waals surface area contributed by atoms with Crippen molar-refractivity contribution in [2.75, 3.05) is 18.1 Å². The summed E-state index contributed by atoms with van der Waals surface area (Å²) in [7, 11) is 0. The zero-order valence-corrected chi connectivity index (χ0v) is 20.3. The van der Waals surface area contributed by atoms with Gasteiger partial charge >= 0.3 is 12.2 Å². The third-order valence-corrected chi connectivity index (χ3v) is 5.92. The van der Waals surface area contributed by atoms with Gasteiger partial charge in [-0.05, 0) is 51.5 Å². The molecular weight excluding hydrogens is 456 g/mol. The van der Waals surface area contributed by atoms with E-state index in [2.05, 4.69) is 11.4 Å². The van der Waals surface area contributed by atoms with Crippen molar-refractivity contribution in [2.45, 2.75) is 39.9 Å². The van der Waals surface area contributed by atoms with E-state index >= 15 is 0 Å². The number of para-hydroxylation sites is 1. The van der Waals surface area contributed by atoms with Crippen molar-refractivity contribution < 1.29 is 23.9 Å². The molecule has 2 aliphatic rings. The molecule has 1 atom stereocenters. The zero-order chi connectivity index (χ0) is 24.6. The standard InChI is InChI=1S/C24H26N4O5S/c1-5-32-22(30)27-21(34)25-24(28(27)23(31)33-6-2)18-9-7-8-10-19(18)26(20(24)29)14-17-12-15(3)11-16(4)13-17/h7-13H,5-6,14H2,1-4H3,(H,25,34). The molecule has 4 rings (SSSR count). The van der Waals surface area contributed by atoms with Gasteiger partial charge in [-0.2, -0.15) is 10.0 Å². The van der Waals surface area contributed by atoms with E-state index in [1.165, 1.54) is 0 Å². The van der Waals surface area contributed by atoms with E-state index in [-0.39, 0.29) is 24.9 Å². The number of fused-ring (bicyclic) bond motifs is 2. The number of hydrazine groups is 1. The summed E-state index contributed by atoms with van der Waals surface area (Å²) in [5, 5.41) is 4.59. The first-order valence-corrected chi connectivity index (χ1v) is 11.4. The summed E-state index contributed by atoms with van der Waals surface area (Å²) < 4.78 is 10.3. The Balaban J connectivity index is 1.85. The molecule has 2 heterocycles. The second kappa shape index (κ2) is 8.94. The molecule has 1 fully saturated rings. The summed E-state index contributed by atoms with van der Waals surface area (Å²) in [6.07, 6.45) is -1.79. The van der Waals surface area contributed by atoms with Crippen molar-refractivity contribution in [3.63, 3.8) is 0 Å². The van der Waals surface area contributed by atoms with Crippen molar-refractivity contribution >= 4 is 41.1 Å². The zero-order valence-electron chi connectivity index (χ0n) is 19.5. The quantitative estimate of drug-likeness (QED) is 0.664. The Kier molecular flexibility index (Phi) is 6.18. The number of thiocarbonyl (C=S) groups is 1. The normalized spacial score (nSPS) is 18.9. The van der Waals surface area contributed by atoms with Gasteiger partial charge in [0.25, 0.3) is 5.91 Å². The highest BCUT2D eigenvalue weighted by Crippen LogP contribution is 2.46. The molecule has 2 aliphatic heterocycles. The third kappa shape index (κ3) is 3.63. The number of aryl methyl sites for hydroxylation is 2. The minimum Gasteiger partial charge on any atom is -0.448 e. The second-order valence-electron chi connectivity index (χ2n) is 8.07. The summed E-state index contributed by atoms with van der Waals surface area (Å²) in [4.78, 5) is 41.7.